The Kier molecular flexibility index (Phi) is 13.0. The van der Waals surface area contributed by atoms with E-state index in [4.69, 9.17) is 5.73 Å². The van der Waals surface area contributed by atoms with Crippen LogP contribution in [0.3, 0.4) is 0 Å². The molecule has 3 aromatic rings. The summed E-state index contributed by atoms with van der Waals surface area (Å²) in [6.45, 7) is 0.634. The Morgan fingerprint density at radius 3 is 1.12 bits per heavy atom. The molecule has 0 heterocycles. The van der Waals surface area contributed by atoms with Gasteiger partial charge in [0.25, 0.3) is 0 Å². The third-order valence-electron chi connectivity index (χ3n) is 3.16. The zero-order valence-electron chi connectivity index (χ0n) is 13.7. The minimum Gasteiger partial charge on any atom is -0.0622 e. The molecule has 0 saturated heterocycles. The van der Waals surface area contributed by atoms with Gasteiger partial charge in [0, 0.05) is 0 Å². The molecule has 0 atom stereocenters. The van der Waals surface area contributed by atoms with E-state index in [0.29, 0.717) is 12.3 Å². The van der Waals surface area contributed by atoms with Crippen LogP contribution in [-0.4, -0.2) is 12.3 Å². The third-order valence-corrected chi connectivity index (χ3v) is 5.84. The molecule has 0 spiro atoms. The number of nitrogens with two attached hydrogens (primary N) is 1. The van der Waals surface area contributed by atoms with E-state index in [9.17, 15) is 0 Å². The maximum Gasteiger partial charge on any atom is -0.0134 e. The van der Waals surface area contributed by atoms with Crippen molar-refractivity contribution in [3.8, 4) is 0 Å². The van der Waals surface area contributed by atoms with Crippen molar-refractivity contribution in [3.63, 3.8) is 0 Å². The molecule has 3 aromatic carbocycles. The second-order valence-electron chi connectivity index (χ2n) is 4.83. The Hall–Kier alpha value is -0.648. The van der Waals surface area contributed by atoms with Crippen molar-refractivity contribution in [3.05, 3.63) is 91.0 Å². The predicted molar refractivity (Wildman–Crippen MR) is 112 cm³/mol. The monoisotopic (exact) mass is 479 g/mol. The molecule has 25 heavy (non-hydrogen) atoms. The van der Waals surface area contributed by atoms with Gasteiger partial charge in [-0.15, -0.1) is 0 Å². The quantitative estimate of drug-likeness (QED) is 0.351. The summed E-state index contributed by atoms with van der Waals surface area (Å²) in [6.07, 6.45) is 0. The van der Waals surface area contributed by atoms with Crippen LogP contribution in [0.2, 0.25) is 0 Å². The van der Waals surface area contributed by atoms with E-state index < -0.39 is 7.92 Å². The molecule has 0 aliphatic carbocycles. The maximum absolute atomic E-state index is 4.92. The summed E-state index contributed by atoms with van der Waals surface area (Å²) in [4.78, 5) is 0. The van der Waals surface area contributed by atoms with Gasteiger partial charge in [-0.1, -0.05) is 91.0 Å². The van der Waals surface area contributed by atoms with Gasteiger partial charge in [-0.2, -0.15) is 5.75 Å². The van der Waals surface area contributed by atoms with Gasteiger partial charge in [-0.3, -0.25) is 0 Å². The summed E-state index contributed by atoms with van der Waals surface area (Å²) >= 11 is 6.65. The SMILES string of the molecule is NCC[S-].[Cl][Pd+].c1ccc(P(c2ccccc2)c2ccccc2)cc1. The summed E-state index contributed by atoms with van der Waals surface area (Å²) < 4.78 is 0. The van der Waals surface area contributed by atoms with Crippen LogP contribution in [0.25, 0.3) is 0 Å². The Labute approximate surface area is 172 Å². The fourth-order valence-corrected chi connectivity index (χ4v) is 4.48. The van der Waals surface area contributed by atoms with Crippen LogP contribution in [0, 0.1) is 0 Å². The summed E-state index contributed by atoms with van der Waals surface area (Å²) in [5, 5.41) is 4.19. The molecule has 3 rings (SSSR count). The van der Waals surface area contributed by atoms with Crippen molar-refractivity contribution in [2.24, 2.45) is 5.73 Å². The van der Waals surface area contributed by atoms with Crippen LogP contribution in [-0.2, 0) is 30.8 Å². The standard InChI is InChI=1S/C18H15P.C2H7NS.ClH.Pd/c1-4-10-16(11-5-1)19(17-12-6-2-7-13-17)18-14-8-3-9-15-18;3-1-2-4;;/h1-15H;4H,1-3H2;1H;/q;;;+2/p-2. The van der Waals surface area contributed by atoms with Gasteiger partial charge < -0.3 is 18.4 Å². The van der Waals surface area contributed by atoms with Gasteiger partial charge in [0.05, 0.1) is 0 Å². The average Bonchev–Trinajstić information content (AvgIpc) is 2.72. The van der Waals surface area contributed by atoms with E-state index in [2.05, 4.69) is 131 Å². The summed E-state index contributed by atoms with van der Waals surface area (Å²) in [7, 11) is 4.04. The Balaban J connectivity index is 0.000000461. The van der Waals surface area contributed by atoms with Gasteiger partial charge in [-0.05, 0) is 30.4 Å². The van der Waals surface area contributed by atoms with E-state index in [-0.39, 0.29) is 0 Å². The van der Waals surface area contributed by atoms with Crippen molar-refractivity contribution in [1.82, 2.24) is 0 Å². The molecule has 0 amide bonds. The summed E-state index contributed by atoms with van der Waals surface area (Å²) in [5.74, 6) is 0.681. The molecule has 0 aliphatic heterocycles. The molecule has 5 heteroatoms. The molecule has 0 aliphatic rings. The minimum absolute atomic E-state index is 0.446. The van der Waals surface area contributed by atoms with Crippen LogP contribution >= 0.6 is 17.5 Å². The molecule has 0 fully saturated rings. The van der Waals surface area contributed by atoms with Gasteiger partial charge in [-0.25, -0.2) is 0 Å². The van der Waals surface area contributed by atoms with E-state index in [1.54, 1.807) is 0 Å². The molecule has 1 nitrogen and oxygen atoms in total. The van der Waals surface area contributed by atoms with Gasteiger partial charge in [0.15, 0.2) is 0 Å². The first-order valence-electron chi connectivity index (χ1n) is 7.72. The molecule has 134 valence electrons. The normalized spacial score (nSPS) is 9.52. The minimum atomic E-state index is -0.446. The second-order valence-corrected chi connectivity index (χ2v) is 7.46. The van der Waals surface area contributed by atoms with E-state index in [0.717, 1.165) is 0 Å². The van der Waals surface area contributed by atoms with Crippen molar-refractivity contribution >= 4 is 46.0 Å². The fourth-order valence-electron chi connectivity index (χ4n) is 2.18. The fraction of sp³-hybridized carbons (Fsp3) is 0.100. The molecule has 0 aromatic heterocycles. The summed E-state index contributed by atoms with van der Waals surface area (Å²) in [6, 6.07) is 32.3. The number of benzene rings is 3. The topological polar surface area (TPSA) is 26.0 Å². The second kappa shape index (κ2) is 14.5. The predicted octanol–water partition coefficient (Wildman–Crippen LogP) is 3.62. The van der Waals surface area contributed by atoms with Crippen molar-refractivity contribution in [1.29, 1.82) is 0 Å². The Morgan fingerprint density at radius 1 is 0.680 bits per heavy atom. The largest absolute Gasteiger partial charge is 0.0622 e. The smallest absolute Gasteiger partial charge is 0.0134 e. The van der Waals surface area contributed by atoms with Crippen molar-refractivity contribution in [2.75, 3.05) is 12.3 Å². The Bertz CT molecular complexity index is 575. The summed E-state index contributed by atoms with van der Waals surface area (Å²) in [5.41, 5.74) is 4.92. The maximum atomic E-state index is 4.92. The zero-order valence-corrected chi connectivity index (χ0v) is 17.7. The third kappa shape index (κ3) is 8.06. The molecular weight excluding hydrogens is 459 g/mol. The Morgan fingerprint density at radius 2 is 0.920 bits per heavy atom. The van der Waals surface area contributed by atoms with Crippen LogP contribution < -0.4 is 21.6 Å². The molecule has 0 bridgehead atoms. The van der Waals surface area contributed by atoms with Crippen LogP contribution in [0.4, 0.5) is 0 Å². The van der Waals surface area contributed by atoms with Crippen LogP contribution in [0.5, 0.6) is 0 Å². The molecule has 2 N–H and O–H groups in total. The van der Waals surface area contributed by atoms with Gasteiger partial charge in [0.1, 0.15) is 0 Å². The number of halogens is 1. The molecular formula is C20H21ClNPPdS. The van der Waals surface area contributed by atoms with Gasteiger partial charge in [0.2, 0.25) is 0 Å². The van der Waals surface area contributed by atoms with Crippen LogP contribution in [0.15, 0.2) is 91.0 Å². The number of rotatable bonds is 4. The van der Waals surface area contributed by atoms with E-state index >= 15 is 0 Å². The van der Waals surface area contributed by atoms with Crippen molar-refractivity contribution in [2.45, 2.75) is 0 Å². The first kappa shape index (κ1) is 22.4. The first-order valence-corrected chi connectivity index (χ1v) is 11.6. The number of hydrogen-bond donors (Lipinski definition) is 1. The van der Waals surface area contributed by atoms with Gasteiger partial charge >= 0.3 is 27.7 Å². The first-order chi connectivity index (χ1) is 12.4. The molecule has 0 saturated carbocycles. The number of hydrogen-bond acceptors (Lipinski definition) is 2. The zero-order chi connectivity index (χ0) is 18.3. The van der Waals surface area contributed by atoms with E-state index in [1.807, 2.05) is 0 Å². The van der Waals surface area contributed by atoms with Crippen LogP contribution in [0.1, 0.15) is 0 Å². The van der Waals surface area contributed by atoms with E-state index in [1.165, 1.54) is 15.9 Å². The molecule has 0 radical (unpaired) electrons. The average molecular weight is 480 g/mol. The van der Waals surface area contributed by atoms with Crippen molar-refractivity contribution < 1.29 is 18.2 Å². The molecule has 0 unspecified atom stereocenters.